The van der Waals surface area contributed by atoms with E-state index in [0.717, 1.165) is 12.0 Å². The summed E-state index contributed by atoms with van der Waals surface area (Å²) in [6.45, 7) is 11.6. The maximum atomic E-state index is 12.1. The first-order valence-corrected chi connectivity index (χ1v) is 6.05. The Hall–Kier alpha value is -0.730. The van der Waals surface area contributed by atoms with E-state index in [-0.39, 0.29) is 0 Å². The molecule has 2 atom stereocenters. The lowest BCUT2D eigenvalue weighted by Crippen LogP contribution is -2.12. The minimum Gasteiger partial charge on any atom is -0.171 e. The Morgan fingerprint density at radius 2 is 1.82 bits per heavy atom. The van der Waals surface area contributed by atoms with Gasteiger partial charge in [0.05, 0.1) is 6.42 Å². The van der Waals surface area contributed by atoms with E-state index >= 15 is 0 Å². The molecule has 0 saturated heterocycles. The first kappa shape index (κ1) is 16.3. The second kappa shape index (κ2) is 6.87. The first-order chi connectivity index (χ1) is 7.67. The Bertz CT molecular complexity index is 274. The molecule has 0 nitrogen and oxygen atoms in total. The normalized spacial score (nSPS) is 16.8. The zero-order valence-corrected chi connectivity index (χ0v) is 11.2. The van der Waals surface area contributed by atoms with Gasteiger partial charge in [0, 0.05) is 0 Å². The highest BCUT2D eigenvalue weighted by molar-refractivity contribution is 5.03. The van der Waals surface area contributed by atoms with E-state index in [0.29, 0.717) is 23.8 Å². The molecule has 0 amide bonds. The van der Waals surface area contributed by atoms with Gasteiger partial charge in [-0.05, 0) is 38.5 Å². The summed E-state index contributed by atoms with van der Waals surface area (Å²) in [6, 6.07) is 0. The maximum Gasteiger partial charge on any atom is 0.392 e. The van der Waals surface area contributed by atoms with Crippen LogP contribution in [0.15, 0.2) is 23.8 Å². The fourth-order valence-electron chi connectivity index (χ4n) is 2.18. The molecule has 0 aromatic heterocycles. The lowest BCUT2D eigenvalue weighted by Gasteiger charge is -2.22. The highest BCUT2D eigenvalue weighted by Gasteiger charge is 2.27. The lowest BCUT2D eigenvalue weighted by molar-refractivity contribution is -0.127. The summed E-state index contributed by atoms with van der Waals surface area (Å²) in [5.74, 6) is 0.741. The van der Waals surface area contributed by atoms with Crippen molar-refractivity contribution in [2.75, 3.05) is 0 Å². The van der Waals surface area contributed by atoms with E-state index in [1.807, 2.05) is 6.92 Å². The van der Waals surface area contributed by atoms with Gasteiger partial charge in [0.15, 0.2) is 0 Å². The molecule has 0 bridgehead atoms. The van der Waals surface area contributed by atoms with Crippen molar-refractivity contribution < 1.29 is 13.2 Å². The first-order valence-electron chi connectivity index (χ1n) is 6.05. The molecule has 0 rings (SSSR count). The average Bonchev–Trinajstić information content (AvgIpc) is 2.12. The number of rotatable bonds is 6. The molecule has 0 aliphatic carbocycles. The predicted octanol–water partition coefficient (Wildman–Crippen LogP) is 5.51. The van der Waals surface area contributed by atoms with Crippen molar-refractivity contribution in [3.05, 3.63) is 23.8 Å². The van der Waals surface area contributed by atoms with Gasteiger partial charge in [0.1, 0.15) is 0 Å². The molecule has 0 aromatic carbocycles. The van der Waals surface area contributed by atoms with Crippen LogP contribution < -0.4 is 0 Å². The quantitative estimate of drug-likeness (QED) is 0.543. The number of hydrogen-bond donors (Lipinski definition) is 0. The minimum absolute atomic E-state index is 0.348. The zero-order chi connectivity index (χ0) is 13.6. The van der Waals surface area contributed by atoms with Crippen molar-refractivity contribution in [2.45, 2.75) is 53.1 Å². The van der Waals surface area contributed by atoms with Crippen molar-refractivity contribution in [1.82, 2.24) is 0 Å². The van der Waals surface area contributed by atoms with Crippen LogP contribution in [0, 0.1) is 11.8 Å². The molecule has 0 aliphatic rings. The van der Waals surface area contributed by atoms with Crippen molar-refractivity contribution in [3.63, 3.8) is 0 Å². The number of hydrogen-bond acceptors (Lipinski definition) is 0. The third-order valence-electron chi connectivity index (χ3n) is 3.08. The highest BCUT2D eigenvalue weighted by Crippen LogP contribution is 2.28. The summed E-state index contributed by atoms with van der Waals surface area (Å²) >= 11 is 0. The topological polar surface area (TPSA) is 0 Å². The van der Waals surface area contributed by atoms with E-state index in [9.17, 15) is 13.2 Å². The fraction of sp³-hybridized carbons (Fsp3) is 0.714. The smallest absolute Gasteiger partial charge is 0.171 e. The van der Waals surface area contributed by atoms with Crippen LogP contribution in [0.3, 0.4) is 0 Å². The van der Waals surface area contributed by atoms with Crippen LogP contribution in [0.1, 0.15) is 47.0 Å². The highest BCUT2D eigenvalue weighted by atomic mass is 19.4. The van der Waals surface area contributed by atoms with E-state index in [4.69, 9.17) is 0 Å². The van der Waals surface area contributed by atoms with E-state index in [2.05, 4.69) is 20.4 Å². The molecule has 0 N–H and O–H groups in total. The fourth-order valence-corrected chi connectivity index (χ4v) is 2.18. The van der Waals surface area contributed by atoms with Crippen LogP contribution in [0.5, 0.6) is 0 Å². The third-order valence-corrected chi connectivity index (χ3v) is 3.08. The Morgan fingerprint density at radius 3 is 2.18 bits per heavy atom. The Morgan fingerprint density at radius 1 is 1.29 bits per heavy atom. The molecule has 3 heteroatoms. The summed E-state index contributed by atoms with van der Waals surface area (Å²) in [7, 11) is 0. The van der Waals surface area contributed by atoms with Crippen molar-refractivity contribution >= 4 is 0 Å². The molecule has 0 radical (unpaired) electrons. The Balaban J connectivity index is 4.35. The molecule has 0 aliphatic heterocycles. The molecule has 0 spiro atoms. The molecule has 0 aromatic rings. The van der Waals surface area contributed by atoms with Crippen LogP contribution in [-0.2, 0) is 0 Å². The number of halogens is 3. The predicted molar refractivity (Wildman–Crippen MR) is 66.8 cm³/mol. The van der Waals surface area contributed by atoms with Gasteiger partial charge in [-0.3, -0.25) is 0 Å². The van der Waals surface area contributed by atoms with Gasteiger partial charge in [0.25, 0.3) is 0 Å². The molecular formula is C14H23F3. The second-order valence-electron chi connectivity index (χ2n) is 4.92. The molecule has 0 unspecified atom stereocenters. The van der Waals surface area contributed by atoms with E-state index < -0.39 is 12.6 Å². The summed E-state index contributed by atoms with van der Waals surface area (Å²) in [4.78, 5) is 0. The van der Waals surface area contributed by atoms with Gasteiger partial charge in [-0.2, -0.15) is 13.2 Å². The number of allylic oxidation sites excluding steroid dienone is 3. The molecule has 0 saturated carbocycles. The van der Waals surface area contributed by atoms with Gasteiger partial charge in [-0.25, -0.2) is 0 Å². The van der Waals surface area contributed by atoms with Crippen molar-refractivity contribution in [3.8, 4) is 0 Å². The van der Waals surface area contributed by atoms with Gasteiger partial charge in [-0.15, -0.1) is 0 Å². The SMILES string of the molecule is C=C(C)[C@H](CC)[C@H](C)C/C=C(/C)CC(F)(F)F. The maximum absolute atomic E-state index is 12.1. The Kier molecular flexibility index (Phi) is 6.58. The molecular weight excluding hydrogens is 225 g/mol. The molecule has 0 fully saturated rings. The van der Waals surface area contributed by atoms with Crippen molar-refractivity contribution in [2.24, 2.45) is 11.8 Å². The second-order valence-corrected chi connectivity index (χ2v) is 4.92. The van der Waals surface area contributed by atoms with Crippen LogP contribution in [-0.4, -0.2) is 6.18 Å². The summed E-state index contributed by atoms with van der Waals surface area (Å²) in [5.41, 5.74) is 1.52. The van der Waals surface area contributed by atoms with E-state index in [1.54, 1.807) is 13.0 Å². The van der Waals surface area contributed by atoms with Crippen molar-refractivity contribution in [1.29, 1.82) is 0 Å². The average molecular weight is 248 g/mol. The largest absolute Gasteiger partial charge is 0.392 e. The van der Waals surface area contributed by atoms with Gasteiger partial charge in [-0.1, -0.05) is 37.6 Å². The minimum atomic E-state index is -4.09. The van der Waals surface area contributed by atoms with Gasteiger partial charge in [0.2, 0.25) is 0 Å². The molecule has 17 heavy (non-hydrogen) atoms. The van der Waals surface area contributed by atoms with Gasteiger partial charge < -0.3 is 0 Å². The van der Waals surface area contributed by atoms with Crippen LogP contribution in [0.25, 0.3) is 0 Å². The standard InChI is InChI=1S/C14H23F3/c1-6-13(10(2)3)12(5)8-7-11(4)9-14(15,16)17/h7,12-13H,2,6,8-9H2,1,3-5H3/b11-7-/t12-,13+/m1/s1. The summed E-state index contributed by atoms with van der Waals surface area (Å²) in [6.07, 6.45) is -1.51. The van der Waals surface area contributed by atoms with Crippen LogP contribution in [0.4, 0.5) is 13.2 Å². The monoisotopic (exact) mass is 248 g/mol. The summed E-state index contributed by atoms with van der Waals surface area (Å²) in [5, 5.41) is 0. The summed E-state index contributed by atoms with van der Waals surface area (Å²) < 4.78 is 36.4. The number of alkyl halides is 3. The zero-order valence-electron chi connectivity index (χ0n) is 11.2. The lowest BCUT2D eigenvalue weighted by atomic mass is 9.84. The molecule has 0 heterocycles. The van der Waals surface area contributed by atoms with Crippen LogP contribution in [0.2, 0.25) is 0 Å². The van der Waals surface area contributed by atoms with E-state index in [1.165, 1.54) is 0 Å². The third kappa shape index (κ3) is 7.24. The van der Waals surface area contributed by atoms with Gasteiger partial charge >= 0.3 is 6.18 Å². The van der Waals surface area contributed by atoms with Crippen LogP contribution >= 0.6 is 0 Å². The Labute approximate surface area is 103 Å². The molecule has 100 valence electrons.